The third-order valence-corrected chi connectivity index (χ3v) is 2.48. The summed E-state index contributed by atoms with van der Waals surface area (Å²) >= 11 is 0. The lowest BCUT2D eigenvalue weighted by Gasteiger charge is -2.10. The Labute approximate surface area is 107 Å². The van der Waals surface area contributed by atoms with Crippen molar-refractivity contribution >= 4 is 11.6 Å². The molecule has 0 aliphatic heterocycles. The summed E-state index contributed by atoms with van der Waals surface area (Å²) in [5.74, 6) is 0.711. The lowest BCUT2D eigenvalue weighted by atomic mass is 10.2. The number of nitrogens with one attached hydrogen (secondary N) is 2. The lowest BCUT2D eigenvalue weighted by Crippen LogP contribution is -2.30. The molecule has 0 aromatic heterocycles. The van der Waals surface area contributed by atoms with Crippen LogP contribution >= 0.6 is 0 Å². The van der Waals surface area contributed by atoms with Crippen LogP contribution in [0.4, 0.5) is 5.69 Å². The van der Waals surface area contributed by atoms with Crippen LogP contribution in [0.1, 0.15) is 5.56 Å². The van der Waals surface area contributed by atoms with E-state index in [1.807, 2.05) is 25.1 Å². The fraction of sp³-hybridized carbons (Fsp3) is 0.462. The molecule has 1 rings (SSSR count). The van der Waals surface area contributed by atoms with E-state index in [2.05, 4.69) is 10.6 Å². The topological polar surface area (TPSA) is 59.6 Å². The molecule has 0 unspecified atom stereocenters. The van der Waals surface area contributed by atoms with Gasteiger partial charge in [-0.1, -0.05) is 0 Å². The van der Waals surface area contributed by atoms with Crippen molar-refractivity contribution in [3.63, 3.8) is 0 Å². The van der Waals surface area contributed by atoms with Gasteiger partial charge in [-0.05, 0) is 30.7 Å². The highest BCUT2D eigenvalue weighted by atomic mass is 16.5. The Hall–Kier alpha value is -1.59. The molecule has 1 aromatic rings. The second-order valence-electron chi connectivity index (χ2n) is 3.90. The van der Waals surface area contributed by atoms with Crippen LogP contribution in [0.5, 0.6) is 5.75 Å². The minimum absolute atomic E-state index is 0.0700. The summed E-state index contributed by atoms with van der Waals surface area (Å²) in [6.07, 6.45) is 0. The molecule has 0 heterocycles. The average molecular weight is 252 g/mol. The normalized spacial score (nSPS) is 10.2. The number of hydrogen-bond donors (Lipinski definition) is 2. The van der Waals surface area contributed by atoms with E-state index in [1.54, 1.807) is 14.2 Å². The minimum Gasteiger partial charge on any atom is -0.497 e. The molecular weight excluding hydrogens is 232 g/mol. The number of carbonyl (C=O) groups excluding carboxylic acids is 1. The molecule has 0 bridgehead atoms. The van der Waals surface area contributed by atoms with Gasteiger partial charge in [0, 0.05) is 19.3 Å². The molecule has 0 fully saturated rings. The van der Waals surface area contributed by atoms with Gasteiger partial charge in [-0.2, -0.15) is 0 Å². The highest BCUT2D eigenvalue weighted by Crippen LogP contribution is 2.20. The van der Waals surface area contributed by atoms with Gasteiger partial charge in [-0.15, -0.1) is 0 Å². The number of benzene rings is 1. The molecule has 0 saturated heterocycles. The van der Waals surface area contributed by atoms with Gasteiger partial charge in [0.1, 0.15) is 5.75 Å². The van der Waals surface area contributed by atoms with Crippen LogP contribution in [0.25, 0.3) is 0 Å². The zero-order valence-corrected chi connectivity index (χ0v) is 11.1. The summed E-state index contributed by atoms with van der Waals surface area (Å²) in [5.41, 5.74) is 1.77. The van der Waals surface area contributed by atoms with Crippen molar-refractivity contribution in [2.45, 2.75) is 6.92 Å². The Kier molecular flexibility index (Phi) is 6.18. The van der Waals surface area contributed by atoms with E-state index in [1.165, 1.54) is 0 Å². The molecule has 5 nitrogen and oxygen atoms in total. The first kappa shape index (κ1) is 14.5. The third-order valence-electron chi connectivity index (χ3n) is 2.48. The van der Waals surface area contributed by atoms with E-state index in [-0.39, 0.29) is 12.5 Å². The van der Waals surface area contributed by atoms with Crippen LogP contribution in [0.3, 0.4) is 0 Å². The second kappa shape index (κ2) is 7.68. The first-order valence-electron chi connectivity index (χ1n) is 5.81. The summed E-state index contributed by atoms with van der Waals surface area (Å²) in [7, 11) is 3.25. The van der Waals surface area contributed by atoms with Gasteiger partial charge in [0.2, 0.25) is 5.91 Å². The summed E-state index contributed by atoms with van der Waals surface area (Å²) < 4.78 is 9.99. The third kappa shape index (κ3) is 4.73. The molecule has 0 atom stereocenters. The van der Waals surface area contributed by atoms with Crippen molar-refractivity contribution < 1.29 is 14.3 Å². The van der Waals surface area contributed by atoms with Gasteiger partial charge in [-0.25, -0.2) is 0 Å². The maximum absolute atomic E-state index is 11.6. The standard InChI is InChI=1S/C13H20N2O3/c1-10-8-11(18-3)4-5-12(10)15-13(16)9-14-6-7-17-2/h4-5,8,14H,6-7,9H2,1-3H3,(H,15,16). The first-order chi connectivity index (χ1) is 8.67. The zero-order chi connectivity index (χ0) is 13.4. The summed E-state index contributed by atoms with van der Waals surface area (Å²) in [6, 6.07) is 5.54. The van der Waals surface area contributed by atoms with Gasteiger partial charge < -0.3 is 20.1 Å². The summed E-state index contributed by atoms with van der Waals surface area (Å²) in [4.78, 5) is 11.6. The Balaban J connectivity index is 2.44. The number of methoxy groups -OCH3 is 2. The summed E-state index contributed by atoms with van der Waals surface area (Å²) in [6.45, 7) is 3.45. The average Bonchev–Trinajstić information content (AvgIpc) is 2.37. The van der Waals surface area contributed by atoms with E-state index in [9.17, 15) is 4.79 Å². The molecule has 1 aromatic carbocycles. The molecule has 5 heteroatoms. The van der Waals surface area contributed by atoms with E-state index >= 15 is 0 Å². The minimum atomic E-state index is -0.0700. The Morgan fingerprint density at radius 3 is 2.72 bits per heavy atom. The van der Waals surface area contributed by atoms with Gasteiger partial charge in [0.05, 0.1) is 20.3 Å². The molecule has 0 saturated carbocycles. The molecule has 1 amide bonds. The molecule has 0 spiro atoms. The quantitative estimate of drug-likeness (QED) is 0.715. The fourth-order valence-corrected chi connectivity index (χ4v) is 1.47. The molecule has 2 N–H and O–H groups in total. The Morgan fingerprint density at radius 1 is 1.33 bits per heavy atom. The van der Waals surface area contributed by atoms with Crippen molar-refractivity contribution in [3.05, 3.63) is 23.8 Å². The molecule has 18 heavy (non-hydrogen) atoms. The van der Waals surface area contributed by atoms with Crippen molar-refractivity contribution in [2.24, 2.45) is 0 Å². The van der Waals surface area contributed by atoms with Crippen LogP contribution in [0, 0.1) is 6.92 Å². The van der Waals surface area contributed by atoms with Crippen molar-refractivity contribution in [3.8, 4) is 5.75 Å². The van der Waals surface area contributed by atoms with E-state index < -0.39 is 0 Å². The van der Waals surface area contributed by atoms with Crippen molar-refractivity contribution in [1.29, 1.82) is 0 Å². The molecule has 0 aliphatic rings. The Bertz CT molecular complexity index is 394. The molecular formula is C13H20N2O3. The number of aryl methyl sites for hydroxylation is 1. The Morgan fingerprint density at radius 2 is 2.11 bits per heavy atom. The number of rotatable bonds is 7. The van der Waals surface area contributed by atoms with Gasteiger partial charge in [0.25, 0.3) is 0 Å². The highest BCUT2D eigenvalue weighted by molar-refractivity contribution is 5.93. The van der Waals surface area contributed by atoms with Crippen LogP contribution < -0.4 is 15.4 Å². The number of carbonyl (C=O) groups is 1. The SMILES string of the molecule is COCCNCC(=O)Nc1ccc(OC)cc1C. The molecule has 100 valence electrons. The lowest BCUT2D eigenvalue weighted by molar-refractivity contribution is -0.115. The highest BCUT2D eigenvalue weighted by Gasteiger charge is 2.05. The summed E-state index contributed by atoms with van der Waals surface area (Å²) in [5, 5.41) is 5.83. The number of amides is 1. The van der Waals surface area contributed by atoms with Crippen molar-refractivity contribution in [1.82, 2.24) is 5.32 Å². The zero-order valence-electron chi connectivity index (χ0n) is 11.1. The predicted molar refractivity (Wildman–Crippen MR) is 71.1 cm³/mol. The number of anilines is 1. The monoisotopic (exact) mass is 252 g/mol. The molecule has 0 aliphatic carbocycles. The predicted octanol–water partition coefficient (Wildman–Crippen LogP) is 1.18. The van der Waals surface area contributed by atoms with Gasteiger partial charge >= 0.3 is 0 Å². The van der Waals surface area contributed by atoms with Gasteiger partial charge in [0.15, 0.2) is 0 Å². The first-order valence-corrected chi connectivity index (χ1v) is 5.81. The maximum Gasteiger partial charge on any atom is 0.238 e. The van der Waals surface area contributed by atoms with Crippen LogP contribution in [-0.2, 0) is 9.53 Å². The smallest absolute Gasteiger partial charge is 0.238 e. The number of ether oxygens (including phenoxy) is 2. The van der Waals surface area contributed by atoms with Crippen LogP contribution in [-0.4, -0.2) is 39.8 Å². The van der Waals surface area contributed by atoms with Crippen molar-refractivity contribution in [2.75, 3.05) is 39.2 Å². The van der Waals surface area contributed by atoms with E-state index in [0.717, 1.165) is 17.0 Å². The fourth-order valence-electron chi connectivity index (χ4n) is 1.47. The molecule has 0 radical (unpaired) electrons. The largest absolute Gasteiger partial charge is 0.497 e. The van der Waals surface area contributed by atoms with Crippen LogP contribution in [0.2, 0.25) is 0 Å². The van der Waals surface area contributed by atoms with Crippen LogP contribution in [0.15, 0.2) is 18.2 Å². The van der Waals surface area contributed by atoms with E-state index in [4.69, 9.17) is 9.47 Å². The maximum atomic E-state index is 11.6. The second-order valence-corrected chi connectivity index (χ2v) is 3.90. The number of hydrogen-bond acceptors (Lipinski definition) is 4. The van der Waals surface area contributed by atoms with Gasteiger partial charge in [-0.3, -0.25) is 4.79 Å². The van der Waals surface area contributed by atoms with E-state index in [0.29, 0.717) is 13.2 Å².